The predicted octanol–water partition coefficient (Wildman–Crippen LogP) is 1.88. The highest BCUT2D eigenvalue weighted by Gasteiger charge is 2.38. The van der Waals surface area contributed by atoms with Crippen molar-refractivity contribution in [2.24, 2.45) is 5.73 Å². The van der Waals surface area contributed by atoms with Gasteiger partial charge in [-0.2, -0.15) is 0 Å². The van der Waals surface area contributed by atoms with Gasteiger partial charge in [0.1, 0.15) is 17.1 Å². The van der Waals surface area contributed by atoms with Gasteiger partial charge < -0.3 is 19.6 Å². The van der Waals surface area contributed by atoms with Crippen molar-refractivity contribution in [3.8, 4) is 5.75 Å². The molecule has 0 saturated heterocycles. The lowest BCUT2D eigenvalue weighted by molar-refractivity contribution is -0.136. The lowest BCUT2D eigenvalue weighted by Gasteiger charge is -2.26. The summed E-state index contributed by atoms with van der Waals surface area (Å²) < 4.78 is 15.4. The van der Waals surface area contributed by atoms with Gasteiger partial charge in [-0.15, -0.1) is 11.3 Å². The molecule has 1 aliphatic rings. The van der Waals surface area contributed by atoms with E-state index in [9.17, 15) is 9.59 Å². The number of ether oxygens (including phenoxy) is 2. The minimum Gasteiger partial charge on any atom is -0.465 e. The van der Waals surface area contributed by atoms with Gasteiger partial charge in [-0.3, -0.25) is 0 Å². The minimum atomic E-state index is -0.659. The summed E-state index contributed by atoms with van der Waals surface area (Å²) in [6.07, 6.45) is 0. The smallest absolute Gasteiger partial charge is 0.343 e. The van der Waals surface area contributed by atoms with Crippen molar-refractivity contribution in [2.75, 3.05) is 7.11 Å². The van der Waals surface area contributed by atoms with Crippen molar-refractivity contribution in [1.82, 2.24) is 0 Å². The highest BCUT2D eigenvalue weighted by molar-refractivity contribution is 7.10. The van der Waals surface area contributed by atoms with E-state index in [1.807, 2.05) is 17.5 Å². The second kappa shape index (κ2) is 5.34. The highest BCUT2D eigenvalue weighted by atomic mass is 32.1. The molecule has 0 aliphatic carbocycles. The van der Waals surface area contributed by atoms with Crippen LogP contribution in [0.1, 0.15) is 22.1 Å². The van der Waals surface area contributed by atoms with Crippen molar-refractivity contribution in [3.63, 3.8) is 0 Å². The summed E-state index contributed by atoms with van der Waals surface area (Å²) in [6.45, 7) is 1.64. The molecule has 2 aromatic rings. The molecule has 3 rings (SSSR count). The molecule has 0 bridgehead atoms. The van der Waals surface area contributed by atoms with Gasteiger partial charge >= 0.3 is 11.6 Å². The van der Waals surface area contributed by atoms with E-state index >= 15 is 0 Å². The Labute approximate surface area is 129 Å². The fraction of sp³-hybridized carbons (Fsp3) is 0.200. The molecule has 2 N–H and O–H groups in total. The number of carbonyl (C=O) groups is 1. The summed E-state index contributed by atoms with van der Waals surface area (Å²) in [5.41, 5.74) is 5.70. The van der Waals surface area contributed by atoms with E-state index in [1.165, 1.54) is 18.4 Å². The molecule has 1 atom stereocenters. The summed E-state index contributed by atoms with van der Waals surface area (Å²) in [5, 5.41) is 1.85. The molecular formula is C15H13NO5S. The maximum atomic E-state index is 12.3. The normalized spacial score (nSPS) is 16.9. The van der Waals surface area contributed by atoms with Gasteiger partial charge in [0, 0.05) is 10.9 Å². The Hall–Kier alpha value is -2.54. The number of fused-ring (bicyclic) bond motifs is 1. The molecule has 0 amide bonds. The van der Waals surface area contributed by atoms with Crippen LogP contribution in [0.4, 0.5) is 0 Å². The third-order valence-electron chi connectivity index (χ3n) is 3.37. The van der Waals surface area contributed by atoms with Gasteiger partial charge in [0.25, 0.3) is 0 Å². The Kier molecular flexibility index (Phi) is 3.50. The van der Waals surface area contributed by atoms with Gasteiger partial charge in [-0.25, -0.2) is 9.59 Å². The van der Waals surface area contributed by atoms with Crippen molar-refractivity contribution >= 4 is 17.3 Å². The van der Waals surface area contributed by atoms with Crippen LogP contribution in [0.2, 0.25) is 0 Å². The largest absolute Gasteiger partial charge is 0.465 e. The van der Waals surface area contributed by atoms with Crippen LogP contribution in [0, 0.1) is 6.92 Å². The number of hydrogen-bond acceptors (Lipinski definition) is 7. The molecule has 3 heterocycles. The molecule has 0 spiro atoms. The standard InChI is InChI=1S/C15H13NO5S/c1-7-6-8-10(15(18)20-7)11(9-4-3-5-22-9)12(13(16)21-8)14(17)19-2/h3-6,11H,16H2,1-2H3/t11-/m1/s1. The summed E-state index contributed by atoms with van der Waals surface area (Å²) in [6, 6.07) is 5.23. The van der Waals surface area contributed by atoms with Crippen LogP contribution in [0.5, 0.6) is 5.75 Å². The van der Waals surface area contributed by atoms with Crippen molar-refractivity contribution < 1.29 is 18.7 Å². The van der Waals surface area contributed by atoms with Crippen molar-refractivity contribution in [2.45, 2.75) is 12.8 Å². The summed E-state index contributed by atoms with van der Waals surface area (Å²) in [4.78, 5) is 25.2. The number of carbonyl (C=O) groups excluding carboxylic acids is 1. The molecule has 0 unspecified atom stereocenters. The average Bonchev–Trinajstić information content (AvgIpc) is 2.98. The molecule has 114 valence electrons. The molecular weight excluding hydrogens is 306 g/mol. The first-order chi connectivity index (χ1) is 10.5. The Bertz CT molecular complexity index is 819. The van der Waals surface area contributed by atoms with E-state index in [1.54, 1.807) is 13.0 Å². The summed E-state index contributed by atoms with van der Waals surface area (Å²) in [5.74, 6) is -0.655. The third kappa shape index (κ3) is 2.19. The maximum absolute atomic E-state index is 12.3. The fourth-order valence-electron chi connectivity index (χ4n) is 2.47. The van der Waals surface area contributed by atoms with Crippen molar-refractivity contribution in [3.05, 3.63) is 61.7 Å². The minimum absolute atomic E-state index is 0.0669. The van der Waals surface area contributed by atoms with Crippen LogP contribution in [0.15, 0.2) is 44.2 Å². The van der Waals surface area contributed by atoms with Gasteiger partial charge in [0.05, 0.1) is 18.6 Å². The van der Waals surface area contributed by atoms with Gasteiger partial charge in [0.15, 0.2) is 0 Å². The number of rotatable bonds is 2. The van der Waals surface area contributed by atoms with Crippen LogP contribution in [-0.2, 0) is 9.53 Å². The van der Waals surface area contributed by atoms with Gasteiger partial charge in [-0.1, -0.05) is 6.07 Å². The van der Waals surface area contributed by atoms with Crippen LogP contribution >= 0.6 is 11.3 Å². The SMILES string of the molecule is COC(=O)C1=C(N)Oc2cc(C)oc(=O)c2[C@H]1c1cccs1. The Balaban J connectivity index is 2.30. The molecule has 0 fully saturated rings. The number of esters is 1. The first kappa shape index (κ1) is 14.4. The second-order valence-corrected chi connectivity index (χ2v) is 5.72. The zero-order valence-corrected chi connectivity index (χ0v) is 12.7. The molecule has 0 aromatic carbocycles. The Morgan fingerprint density at radius 3 is 2.86 bits per heavy atom. The molecule has 0 radical (unpaired) electrons. The number of aryl methyl sites for hydroxylation is 1. The number of nitrogens with two attached hydrogens (primary N) is 1. The van der Waals surface area contributed by atoms with Crippen molar-refractivity contribution in [1.29, 1.82) is 0 Å². The average molecular weight is 319 g/mol. The highest BCUT2D eigenvalue weighted by Crippen LogP contribution is 2.42. The molecule has 6 nitrogen and oxygen atoms in total. The van der Waals surface area contributed by atoms with Crippen LogP contribution in [0.25, 0.3) is 0 Å². The number of thiophene rings is 1. The Morgan fingerprint density at radius 1 is 1.45 bits per heavy atom. The second-order valence-electron chi connectivity index (χ2n) is 4.74. The topological polar surface area (TPSA) is 91.8 Å². The number of hydrogen-bond donors (Lipinski definition) is 1. The maximum Gasteiger partial charge on any atom is 0.343 e. The lowest BCUT2D eigenvalue weighted by atomic mass is 9.88. The third-order valence-corrected chi connectivity index (χ3v) is 4.31. The zero-order chi connectivity index (χ0) is 15.9. The molecule has 1 aliphatic heterocycles. The lowest BCUT2D eigenvalue weighted by Crippen LogP contribution is -2.30. The van der Waals surface area contributed by atoms with E-state index in [4.69, 9.17) is 19.6 Å². The van der Waals surface area contributed by atoms with E-state index < -0.39 is 17.5 Å². The summed E-state index contributed by atoms with van der Waals surface area (Å²) >= 11 is 1.41. The quantitative estimate of drug-likeness (QED) is 0.850. The van der Waals surface area contributed by atoms with Gasteiger partial charge in [0.2, 0.25) is 5.88 Å². The monoisotopic (exact) mass is 319 g/mol. The zero-order valence-electron chi connectivity index (χ0n) is 11.9. The fourth-order valence-corrected chi connectivity index (χ4v) is 3.31. The van der Waals surface area contributed by atoms with E-state index in [-0.39, 0.29) is 17.0 Å². The van der Waals surface area contributed by atoms with Gasteiger partial charge in [-0.05, 0) is 18.4 Å². The molecule has 2 aromatic heterocycles. The van der Waals surface area contributed by atoms with E-state index in [0.29, 0.717) is 11.5 Å². The number of methoxy groups -OCH3 is 1. The van der Waals surface area contributed by atoms with Crippen LogP contribution in [0.3, 0.4) is 0 Å². The molecule has 0 saturated carbocycles. The van der Waals surface area contributed by atoms with Crippen LogP contribution in [-0.4, -0.2) is 13.1 Å². The first-order valence-corrected chi connectivity index (χ1v) is 7.34. The molecule has 22 heavy (non-hydrogen) atoms. The predicted molar refractivity (Wildman–Crippen MR) is 79.7 cm³/mol. The first-order valence-electron chi connectivity index (χ1n) is 6.46. The summed E-state index contributed by atoms with van der Waals surface area (Å²) in [7, 11) is 1.25. The van der Waals surface area contributed by atoms with Crippen LogP contribution < -0.4 is 16.1 Å². The van der Waals surface area contributed by atoms with E-state index in [2.05, 4.69) is 0 Å². The Morgan fingerprint density at radius 2 is 2.23 bits per heavy atom. The molecule has 7 heteroatoms. The van der Waals surface area contributed by atoms with E-state index in [0.717, 1.165) is 4.88 Å².